The number of halogens is 1. The number of anilines is 1. The van der Waals surface area contributed by atoms with Crippen LogP contribution in [0.2, 0.25) is 0 Å². The molecule has 2 rings (SSSR count). The van der Waals surface area contributed by atoms with Crippen LogP contribution in [0.1, 0.15) is 11.3 Å². The molecule has 1 N–H and O–H groups in total. The van der Waals surface area contributed by atoms with Crippen LogP contribution in [0.25, 0.3) is 0 Å². The summed E-state index contributed by atoms with van der Waals surface area (Å²) < 4.78 is 39.8. The van der Waals surface area contributed by atoms with E-state index in [0.29, 0.717) is 5.56 Å². The zero-order chi connectivity index (χ0) is 14.8. The van der Waals surface area contributed by atoms with Crippen LogP contribution in [0.4, 0.5) is 10.1 Å². The Bertz CT molecular complexity index is 798. The smallest absolute Gasteiger partial charge is 0.264 e. The van der Waals surface area contributed by atoms with Crippen molar-refractivity contribution in [2.24, 2.45) is 0 Å². The maximum Gasteiger partial charge on any atom is 0.264 e. The number of nitrogens with zero attached hydrogens (tertiary/aromatic N) is 2. The Balaban J connectivity index is 2.41. The molecular weight excluding hydrogens is 281 g/mol. The second kappa shape index (κ2) is 5.27. The Morgan fingerprint density at radius 3 is 2.75 bits per heavy atom. The molecular formula is C13H10FN3O2S. The third-order valence-electron chi connectivity index (χ3n) is 2.58. The lowest BCUT2D eigenvalue weighted by Crippen LogP contribution is -2.15. The fourth-order valence-electron chi connectivity index (χ4n) is 1.61. The van der Waals surface area contributed by atoms with Crippen molar-refractivity contribution in [1.29, 1.82) is 5.26 Å². The monoisotopic (exact) mass is 291 g/mol. The number of aryl methyl sites for hydroxylation is 1. The Hall–Kier alpha value is -2.46. The number of nitriles is 1. The van der Waals surface area contributed by atoms with Crippen molar-refractivity contribution in [2.45, 2.75) is 11.8 Å². The molecule has 0 spiro atoms. The van der Waals surface area contributed by atoms with Gasteiger partial charge in [-0.2, -0.15) is 5.26 Å². The highest BCUT2D eigenvalue weighted by atomic mass is 32.2. The maximum absolute atomic E-state index is 13.1. The number of pyridine rings is 1. The molecule has 1 aromatic carbocycles. The van der Waals surface area contributed by atoms with Crippen molar-refractivity contribution in [3.8, 4) is 6.07 Å². The maximum atomic E-state index is 13.1. The number of aromatic nitrogens is 1. The first-order valence-electron chi connectivity index (χ1n) is 5.58. The Kier molecular flexibility index (Phi) is 3.68. The Morgan fingerprint density at radius 2 is 2.10 bits per heavy atom. The first kappa shape index (κ1) is 14.0. The summed E-state index contributed by atoms with van der Waals surface area (Å²) in [6.45, 7) is 1.53. The number of benzene rings is 1. The molecule has 0 atom stereocenters. The van der Waals surface area contributed by atoms with Gasteiger partial charge in [0.05, 0.1) is 0 Å². The van der Waals surface area contributed by atoms with Crippen LogP contribution in [0.3, 0.4) is 0 Å². The molecule has 0 saturated carbocycles. The van der Waals surface area contributed by atoms with E-state index in [4.69, 9.17) is 5.26 Å². The van der Waals surface area contributed by atoms with Gasteiger partial charge in [-0.3, -0.25) is 4.72 Å². The second-order valence-corrected chi connectivity index (χ2v) is 5.68. The molecule has 0 bridgehead atoms. The van der Waals surface area contributed by atoms with Gasteiger partial charge in [0.15, 0.2) is 5.69 Å². The summed E-state index contributed by atoms with van der Waals surface area (Å²) >= 11 is 0. The summed E-state index contributed by atoms with van der Waals surface area (Å²) in [4.78, 5) is 3.48. The van der Waals surface area contributed by atoms with Gasteiger partial charge in [0.25, 0.3) is 10.0 Å². The van der Waals surface area contributed by atoms with E-state index < -0.39 is 15.8 Å². The van der Waals surface area contributed by atoms with Crippen LogP contribution >= 0.6 is 0 Å². The van der Waals surface area contributed by atoms with E-state index in [1.165, 1.54) is 43.5 Å². The number of sulfonamides is 1. The van der Waals surface area contributed by atoms with Gasteiger partial charge in [-0.05, 0) is 42.8 Å². The summed E-state index contributed by atoms with van der Waals surface area (Å²) in [5.41, 5.74) is 0.340. The van der Waals surface area contributed by atoms with E-state index in [1.807, 2.05) is 0 Å². The average Bonchev–Trinajstić information content (AvgIpc) is 2.42. The predicted octanol–water partition coefficient (Wildman–Crippen LogP) is 2.20. The van der Waals surface area contributed by atoms with Gasteiger partial charge in [-0.1, -0.05) is 0 Å². The molecule has 0 fully saturated rings. The number of hydrogen-bond acceptors (Lipinski definition) is 4. The molecule has 0 saturated heterocycles. The number of hydrogen-bond donors (Lipinski definition) is 1. The molecule has 102 valence electrons. The summed E-state index contributed by atoms with van der Waals surface area (Å²) in [5.74, 6) is -0.424. The summed E-state index contributed by atoms with van der Waals surface area (Å²) in [7, 11) is -3.94. The van der Waals surface area contributed by atoms with Crippen LogP contribution in [0.15, 0.2) is 41.4 Å². The van der Waals surface area contributed by atoms with Gasteiger partial charge in [0, 0.05) is 11.9 Å². The minimum Gasteiger partial charge on any atom is -0.280 e. The normalized spacial score (nSPS) is 10.8. The van der Waals surface area contributed by atoms with Crippen molar-refractivity contribution in [3.63, 3.8) is 0 Å². The molecule has 1 aromatic heterocycles. The van der Waals surface area contributed by atoms with Crippen molar-refractivity contribution in [2.75, 3.05) is 4.72 Å². The van der Waals surface area contributed by atoms with Gasteiger partial charge in [0.1, 0.15) is 16.8 Å². The van der Waals surface area contributed by atoms with Gasteiger partial charge in [0.2, 0.25) is 0 Å². The van der Waals surface area contributed by atoms with Crippen molar-refractivity contribution in [3.05, 3.63) is 53.6 Å². The predicted molar refractivity (Wildman–Crippen MR) is 70.9 cm³/mol. The molecule has 5 nitrogen and oxygen atoms in total. The third kappa shape index (κ3) is 2.75. The van der Waals surface area contributed by atoms with Gasteiger partial charge in [-0.25, -0.2) is 17.8 Å². The van der Waals surface area contributed by atoms with Crippen molar-refractivity contribution < 1.29 is 12.8 Å². The van der Waals surface area contributed by atoms with Crippen molar-refractivity contribution in [1.82, 2.24) is 4.98 Å². The molecule has 2 aromatic rings. The Morgan fingerprint density at radius 1 is 1.35 bits per heavy atom. The van der Waals surface area contributed by atoms with Gasteiger partial charge >= 0.3 is 0 Å². The molecule has 7 heteroatoms. The van der Waals surface area contributed by atoms with Crippen molar-refractivity contribution >= 4 is 15.7 Å². The van der Waals surface area contributed by atoms with Gasteiger partial charge in [-0.15, -0.1) is 0 Å². The van der Waals surface area contributed by atoms with E-state index in [0.717, 1.165) is 0 Å². The lowest BCUT2D eigenvalue weighted by Gasteiger charge is -2.09. The zero-order valence-corrected chi connectivity index (χ0v) is 11.3. The first-order valence-corrected chi connectivity index (χ1v) is 7.06. The highest BCUT2D eigenvalue weighted by Crippen LogP contribution is 2.19. The Labute approximate surface area is 115 Å². The summed E-state index contributed by atoms with van der Waals surface area (Å²) in [5, 5.41) is 8.87. The summed E-state index contributed by atoms with van der Waals surface area (Å²) in [6, 6.07) is 8.27. The van der Waals surface area contributed by atoms with E-state index in [2.05, 4.69) is 9.71 Å². The molecule has 0 aliphatic heterocycles. The van der Waals surface area contributed by atoms with Crippen LogP contribution in [-0.2, 0) is 10.0 Å². The standard InChI is InChI=1S/C13H10FN3O2S/c1-9-7-10(4-5-11(9)14)17-20(18,19)13-3-2-6-16-12(13)8-15/h2-7,17H,1H3. The fraction of sp³-hybridized carbons (Fsp3) is 0.0769. The van der Waals surface area contributed by atoms with Gasteiger partial charge < -0.3 is 0 Å². The SMILES string of the molecule is Cc1cc(NS(=O)(=O)c2cccnc2C#N)ccc1F. The molecule has 0 aliphatic carbocycles. The topological polar surface area (TPSA) is 82.8 Å². The molecule has 0 unspecified atom stereocenters. The number of rotatable bonds is 3. The third-order valence-corrected chi connectivity index (χ3v) is 3.99. The fourth-order valence-corrected chi connectivity index (χ4v) is 2.77. The second-order valence-electron chi connectivity index (χ2n) is 4.03. The minimum atomic E-state index is -3.94. The molecule has 1 heterocycles. The lowest BCUT2D eigenvalue weighted by atomic mass is 10.2. The first-order chi connectivity index (χ1) is 9.44. The highest BCUT2D eigenvalue weighted by Gasteiger charge is 2.19. The highest BCUT2D eigenvalue weighted by molar-refractivity contribution is 7.92. The van der Waals surface area contributed by atoms with Crippen LogP contribution in [0.5, 0.6) is 0 Å². The zero-order valence-electron chi connectivity index (χ0n) is 10.5. The number of nitrogens with one attached hydrogen (secondary N) is 1. The minimum absolute atomic E-state index is 0.196. The molecule has 0 aliphatic rings. The molecule has 20 heavy (non-hydrogen) atoms. The lowest BCUT2D eigenvalue weighted by molar-refractivity contribution is 0.600. The molecule has 0 radical (unpaired) electrons. The quantitative estimate of drug-likeness (QED) is 0.939. The largest absolute Gasteiger partial charge is 0.280 e. The van der Waals surface area contributed by atoms with Crippen LogP contribution < -0.4 is 4.72 Å². The van der Waals surface area contributed by atoms with E-state index in [-0.39, 0.29) is 16.3 Å². The summed E-state index contributed by atoms with van der Waals surface area (Å²) in [6.07, 6.45) is 1.33. The van der Waals surface area contributed by atoms with E-state index >= 15 is 0 Å². The van der Waals surface area contributed by atoms with Crippen LogP contribution in [-0.4, -0.2) is 13.4 Å². The van der Waals surface area contributed by atoms with E-state index in [9.17, 15) is 12.8 Å². The van der Waals surface area contributed by atoms with E-state index in [1.54, 1.807) is 6.07 Å². The molecule has 0 amide bonds. The van der Waals surface area contributed by atoms with Crippen LogP contribution in [0, 0.1) is 24.1 Å². The average molecular weight is 291 g/mol.